The standard InChI is InChI=1S/C18H39N3/c1-7-8-18(9-10-19-15(2)3)14-20-11-12-21(16(4)5)17(6)13-20/h15-19H,7-14H2,1-6H3. The Balaban J connectivity index is 2.37. The van der Waals surface area contributed by atoms with Gasteiger partial charge in [0.1, 0.15) is 0 Å². The number of nitrogens with zero attached hydrogens (tertiary/aromatic N) is 2. The fourth-order valence-corrected chi connectivity index (χ4v) is 3.66. The molecule has 2 atom stereocenters. The van der Waals surface area contributed by atoms with Crippen LogP contribution in [0.1, 0.15) is 60.8 Å². The maximum absolute atomic E-state index is 3.58. The molecule has 0 spiro atoms. The van der Waals surface area contributed by atoms with Crippen LogP contribution in [0.15, 0.2) is 0 Å². The number of nitrogens with one attached hydrogen (secondary N) is 1. The van der Waals surface area contributed by atoms with Gasteiger partial charge in [-0.25, -0.2) is 0 Å². The summed E-state index contributed by atoms with van der Waals surface area (Å²) in [6.45, 7) is 20.0. The van der Waals surface area contributed by atoms with Gasteiger partial charge in [-0.15, -0.1) is 0 Å². The van der Waals surface area contributed by atoms with E-state index in [0.29, 0.717) is 18.1 Å². The molecule has 3 heteroatoms. The molecule has 2 unspecified atom stereocenters. The predicted molar refractivity (Wildman–Crippen MR) is 93.9 cm³/mol. The van der Waals surface area contributed by atoms with Crippen molar-refractivity contribution in [1.29, 1.82) is 0 Å². The maximum Gasteiger partial charge on any atom is 0.0198 e. The van der Waals surface area contributed by atoms with E-state index in [1.807, 2.05) is 0 Å². The molecule has 1 aliphatic heterocycles. The van der Waals surface area contributed by atoms with Gasteiger partial charge >= 0.3 is 0 Å². The lowest BCUT2D eigenvalue weighted by Gasteiger charge is -2.43. The minimum atomic E-state index is 0.613. The van der Waals surface area contributed by atoms with Gasteiger partial charge in [-0.2, -0.15) is 0 Å². The summed E-state index contributed by atoms with van der Waals surface area (Å²) >= 11 is 0. The van der Waals surface area contributed by atoms with E-state index in [0.717, 1.165) is 5.92 Å². The lowest BCUT2D eigenvalue weighted by Crippen LogP contribution is -2.54. The molecule has 1 heterocycles. The van der Waals surface area contributed by atoms with Crippen molar-refractivity contribution in [3.8, 4) is 0 Å². The summed E-state index contributed by atoms with van der Waals surface area (Å²) in [5.74, 6) is 0.860. The van der Waals surface area contributed by atoms with Crippen LogP contribution in [0.5, 0.6) is 0 Å². The minimum absolute atomic E-state index is 0.613. The smallest absolute Gasteiger partial charge is 0.0198 e. The van der Waals surface area contributed by atoms with Crippen molar-refractivity contribution >= 4 is 0 Å². The minimum Gasteiger partial charge on any atom is -0.315 e. The molecule has 1 saturated heterocycles. The van der Waals surface area contributed by atoms with E-state index < -0.39 is 0 Å². The van der Waals surface area contributed by atoms with Gasteiger partial charge in [0.2, 0.25) is 0 Å². The third-order valence-electron chi connectivity index (χ3n) is 4.74. The zero-order chi connectivity index (χ0) is 15.8. The third kappa shape index (κ3) is 7.12. The molecule has 1 fully saturated rings. The number of hydrogen-bond acceptors (Lipinski definition) is 3. The zero-order valence-electron chi connectivity index (χ0n) is 15.4. The highest BCUT2D eigenvalue weighted by Gasteiger charge is 2.26. The van der Waals surface area contributed by atoms with E-state index in [1.165, 1.54) is 52.0 Å². The zero-order valence-corrected chi connectivity index (χ0v) is 15.4. The van der Waals surface area contributed by atoms with Gasteiger partial charge in [-0.3, -0.25) is 4.90 Å². The Morgan fingerprint density at radius 1 is 1.10 bits per heavy atom. The van der Waals surface area contributed by atoms with Crippen LogP contribution in [0.4, 0.5) is 0 Å². The van der Waals surface area contributed by atoms with E-state index in [1.54, 1.807) is 0 Å². The van der Waals surface area contributed by atoms with Crippen LogP contribution in [0.2, 0.25) is 0 Å². The highest BCUT2D eigenvalue weighted by Crippen LogP contribution is 2.18. The molecule has 1 aliphatic rings. The topological polar surface area (TPSA) is 18.5 Å². The summed E-state index contributed by atoms with van der Waals surface area (Å²) in [7, 11) is 0. The van der Waals surface area contributed by atoms with E-state index in [2.05, 4.69) is 56.7 Å². The predicted octanol–water partition coefficient (Wildman–Crippen LogP) is 3.21. The number of piperazine rings is 1. The Kier molecular flexibility index (Phi) is 8.84. The average molecular weight is 298 g/mol. The molecule has 0 amide bonds. The largest absolute Gasteiger partial charge is 0.315 e. The van der Waals surface area contributed by atoms with Gasteiger partial charge in [0.05, 0.1) is 0 Å². The Morgan fingerprint density at radius 3 is 2.33 bits per heavy atom. The summed E-state index contributed by atoms with van der Waals surface area (Å²) in [5, 5.41) is 3.58. The molecular formula is C18H39N3. The molecular weight excluding hydrogens is 258 g/mol. The Bertz CT molecular complexity index is 263. The van der Waals surface area contributed by atoms with Crippen molar-refractivity contribution in [3.63, 3.8) is 0 Å². The SMILES string of the molecule is CCCC(CCNC(C)C)CN1CCN(C(C)C)C(C)C1. The molecule has 1 N–H and O–H groups in total. The lowest BCUT2D eigenvalue weighted by molar-refractivity contribution is 0.0503. The molecule has 0 aromatic rings. The van der Waals surface area contributed by atoms with Crippen molar-refractivity contribution in [2.45, 2.75) is 78.9 Å². The summed E-state index contributed by atoms with van der Waals surface area (Å²) in [6, 6.07) is 2.00. The summed E-state index contributed by atoms with van der Waals surface area (Å²) < 4.78 is 0. The highest BCUT2D eigenvalue weighted by molar-refractivity contribution is 4.82. The molecule has 126 valence electrons. The van der Waals surface area contributed by atoms with Gasteiger partial charge in [0.15, 0.2) is 0 Å². The molecule has 0 aromatic carbocycles. The third-order valence-corrected chi connectivity index (χ3v) is 4.74. The Labute approximate surface area is 133 Å². The molecule has 0 bridgehead atoms. The van der Waals surface area contributed by atoms with Crippen molar-refractivity contribution < 1.29 is 0 Å². The molecule has 21 heavy (non-hydrogen) atoms. The first-order valence-corrected chi connectivity index (χ1v) is 9.15. The second-order valence-electron chi connectivity index (χ2n) is 7.49. The average Bonchev–Trinajstić information content (AvgIpc) is 2.38. The Morgan fingerprint density at radius 2 is 1.81 bits per heavy atom. The summed E-state index contributed by atoms with van der Waals surface area (Å²) in [4.78, 5) is 5.35. The molecule has 1 rings (SSSR count). The lowest BCUT2D eigenvalue weighted by atomic mass is 9.98. The second kappa shape index (κ2) is 9.81. The molecule has 0 saturated carbocycles. The second-order valence-corrected chi connectivity index (χ2v) is 7.49. The fourth-order valence-electron chi connectivity index (χ4n) is 3.66. The molecule has 0 radical (unpaired) electrons. The van der Waals surface area contributed by atoms with Crippen LogP contribution < -0.4 is 5.32 Å². The fraction of sp³-hybridized carbons (Fsp3) is 1.00. The van der Waals surface area contributed by atoms with Gasteiger partial charge in [0, 0.05) is 44.3 Å². The van der Waals surface area contributed by atoms with Crippen molar-refractivity contribution in [3.05, 3.63) is 0 Å². The van der Waals surface area contributed by atoms with E-state index >= 15 is 0 Å². The van der Waals surface area contributed by atoms with Crippen LogP contribution in [-0.2, 0) is 0 Å². The summed E-state index contributed by atoms with van der Waals surface area (Å²) in [6.07, 6.45) is 4.01. The molecule has 0 aromatic heterocycles. The van der Waals surface area contributed by atoms with Crippen LogP contribution >= 0.6 is 0 Å². The monoisotopic (exact) mass is 297 g/mol. The van der Waals surface area contributed by atoms with Crippen LogP contribution in [0, 0.1) is 5.92 Å². The maximum atomic E-state index is 3.58. The number of rotatable bonds is 9. The van der Waals surface area contributed by atoms with Gasteiger partial charge < -0.3 is 10.2 Å². The molecule has 0 aliphatic carbocycles. The van der Waals surface area contributed by atoms with Crippen LogP contribution in [0.3, 0.4) is 0 Å². The van der Waals surface area contributed by atoms with Gasteiger partial charge in [-0.1, -0.05) is 27.2 Å². The van der Waals surface area contributed by atoms with E-state index in [-0.39, 0.29) is 0 Å². The van der Waals surface area contributed by atoms with Crippen LogP contribution in [-0.4, -0.2) is 60.6 Å². The van der Waals surface area contributed by atoms with Crippen molar-refractivity contribution in [1.82, 2.24) is 15.1 Å². The normalized spacial score (nSPS) is 23.1. The first kappa shape index (κ1) is 18.9. The number of hydrogen-bond donors (Lipinski definition) is 1. The quantitative estimate of drug-likeness (QED) is 0.705. The summed E-state index contributed by atoms with van der Waals surface area (Å²) in [5.41, 5.74) is 0. The Hall–Kier alpha value is -0.120. The van der Waals surface area contributed by atoms with Gasteiger partial charge in [-0.05, 0) is 46.1 Å². The van der Waals surface area contributed by atoms with E-state index in [4.69, 9.17) is 0 Å². The first-order valence-electron chi connectivity index (χ1n) is 9.15. The van der Waals surface area contributed by atoms with Gasteiger partial charge in [0.25, 0.3) is 0 Å². The van der Waals surface area contributed by atoms with Crippen molar-refractivity contribution in [2.24, 2.45) is 5.92 Å². The highest BCUT2D eigenvalue weighted by atomic mass is 15.3. The van der Waals surface area contributed by atoms with Crippen molar-refractivity contribution in [2.75, 3.05) is 32.7 Å². The van der Waals surface area contributed by atoms with Crippen LogP contribution in [0.25, 0.3) is 0 Å². The van der Waals surface area contributed by atoms with E-state index in [9.17, 15) is 0 Å². The first-order chi connectivity index (χ1) is 9.93. The molecule has 3 nitrogen and oxygen atoms in total.